The van der Waals surface area contributed by atoms with Crippen LogP contribution in [-0.2, 0) is 65.4 Å². The van der Waals surface area contributed by atoms with Crippen LogP contribution in [0.1, 0.15) is 13.8 Å². The summed E-state index contributed by atoms with van der Waals surface area (Å²) in [6.45, 7) is 4.00. The molecule has 0 atom stereocenters. The molecular weight excluding hydrogens is 312 g/mol. The van der Waals surface area contributed by atoms with E-state index in [1.54, 1.807) is 4.90 Å². The summed E-state index contributed by atoms with van der Waals surface area (Å²) in [5, 5.41) is 0. The van der Waals surface area contributed by atoms with Crippen molar-refractivity contribution in [1.82, 2.24) is 0 Å². The van der Waals surface area contributed by atoms with Gasteiger partial charge in [-0.05, 0) is 17.8 Å². The van der Waals surface area contributed by atoms with E-state index >= 15 is 0 Å². The molecule has 0 amide bonds. The third-order valence-electron chi connectivity index (χ3n) is 1.12. The van der Waals surface area contributed by atoms with Gasteiger partial charge in [-0.2, -0.15) is 0 Å². The van der Waals surface area contributed by atoms with Crippen molar-refractivity contribution in [2.24, 2.45) is 0 Å². The molecule has 0 saturated carbocycles. The molecule has 0 aliphatic rings. The fourth-order valence-electron chi connectivity index (χ4n) is 0.639. The third kappa shape index (κ3) is 9.53. The van der Waals surface area contributed by atoms with Crippen LogP contribution < -0.4 is 4.90 Å². The van der Waals surface area contributed by atoms with Gasteiger partial charge in [0.1, 0.15) is 0 Å². The van der Waals surface area contributed by atoms with Crippen molar-refractivity contribution in [2.45, 2.75) is 13.8 Å². The van der Waals surface area contributed by atoms with Gasteiger partial charge in [-0.25, -0.2) is 0 Å². The summed E-state index contributed by atoms with van der Waals surface area (Å²) in [5.41, 5.74) is 1.03. The molecule has 1 aromatic carbocycles. The second-order valence-corrected chi connectivity index (χ2v) is 1.88. The number of benzene rings is 1. The van der Waals surface area contributed by atoms with Crippen LogP contribution in [0.3, 0.4) is 0 Å². The SMILES string of the molecule is CC.[CH2-]N([CH2-])c1ccccc1.[Y].[Y]. The van der Waals surface area contributed by atoms with Gasteiger partial charge in [-0.3, -0.25) is 14.1 Å². The molecule has 0 aromatic heterocycles. The minimum atomic E-state index is 0. The van der Waals surface area contributed by atoms with Gasteiger partial charge < -0.3 is 4.90 Å². The summed E-state index contributed by atoms with van der Waals surface area (Å²) in [7, 11) is 7.26. The van der Waals surface area contributed by atoms with Crippen molar-refractivity contribution in [3.05, 3.63) is 44.4 Å². The molecule has 0 bridgehead atoms. The van der Waals surface area contributed by atoms with E-state index in [9.17, 15) is 0 Å². The average molecular weight is 327 g/mol. The number of rotatable bonds is 1. The standard InChI is InChI=1S/C8H9N.C2H6.2Y/c1-9(2)8-6-4-3-5-7-8;1-2;;/h3-7H,1-2H2;1-2H3;;/q-2;;;. The van der Waals surface area contributed by atoms with Crippen LogP contribution in [-0.4, -0.2) is 0 Å². The summed E-state index contributed by atoms with van der Waals surface area (Å²) in [6, 6.07) is 9.80. The van der Waals surface area contributed by atoms with E-state index in [4.69, 9.17) is 0 Å². The molecular formula is C10H15NY2-2. The zero-order chi connectivity index (χ0) is 8.69. The van der Waals surface area contributed by atoms with Gasteiger partial charge in [0.2, 0.25) is 0 Å². The monoisotopic (exact) mass is 327 g/mol. The van der Waals surface area contributed by atoms with E-state index in [2.05, 4.69) is 14.1 Å². The summed E-state index contributed by atoms with van der Waals surface area (Å²) < 4.78 is 0. The van der Waals surface area contributed by atoms with Crippen LogP contribution in [0.25, 0.3) is 0 Å². The van der Waals surface area contributed by atoms with E-state index in [1.165, 1.54) is 0 Å². The molecule has 1 rings (SSSR count). The minimum Gasteiger partial charge on any atom is -0.670 e. The van der Waals surface area contributed by atoms with Gasteiger partial charge in [0.05, 0.1) is 0 Å². The smallest absolute Gasteiger partial charge is 0 e. The molecule has 0 fully saturated rings. The molecule has 0 heterocycles. The van der Waals surface area contributed by atoms with Crippen molar-refractivity contribution >= 4 is 5.69 Å². The number of nitrogens with zero attached hydrogens (tertiary/aromatic N) is 1. The van der Waals surface area contributed by atoms with Gasteiger partial charge in [0, 0.05) is 65.4 Å². The first-order chi connectivity index (χ1) is 5.30. The molecule has 2 radical (unpaired) electrons. The normalized spacial score (nSPS) is 6.77. The van der Waals surface area contributed by atoms with Gasteiger partial charge in [0.25, 0.3) is 0 Å². The van der Waals surface area contributed by atoms with Crippen molar-refractivity contribution in [3.63, 3.8) is 0 Å². The van der Waals surface area contributed by atoms with Crippen LogP contribution >= 0.6 is 0 Å². The first-order valence-electron chi connectivity index (χ1n) is 3.77. The van der Waals surface area contributed by atoms with Crippen molar-refractivity contribution in [1.29, 1.82) is 0 Å². The first-order valence-corrected chi connectivity index (χ1v) is 3.77. The Kier molecular flexibility index (Phi) is 20.1. The molecule has 1 nitrogen and oxygen atoms in total. The number of hydrogen-bond acceptors (Lipinski definition) is 1. The van der Waals surface area contributed by atoms with Crippen LogP contribution in [0.5, 0.6) is 0 Å². The Labute approximate surface area is 132 Å². The zero-order valence-electron chi connectivity index (χ0n) is 8.40. The molecule has 0 aliphatic heterocycles. The molecule has 0 spiro atoms. The summed E-state index contributed by atoms with van der Waals surface area (Å²) >= 11 is 0. The molecule has 0 aliphatic carbocycles. The van der Waals surface area contributed by atoms with E-state index in [-0.39, 0.29) is 65.4 Å². The Morgan fingerprint density at radius 3 is 1.54 bits per heavy atom. The second kappa shape index (κ2) is 13.2. The van der Waals surface area contributed by atoms with E-state index < -0.39 is 0 Å². The van der Waals surface area contributed by atoms with Crippen LogP contribution in [0.15, 0.2) is 30.3 Å². The Morgan fingerprint density at radius 1 is 0.923 bits per heavy atom. The largest absolute Gasteiger partial charge is 0.670 e. The van der Waals surface area contributed by atoms with Gasteiger partial charge >= 0.3 is 0 Å². The molecule has 0 unspecified atom stereocenters. The molecule has 68 valence electrons. The minimum absolute atomic E-state index is 0. The summed E-state index contributed by atoms with van der Waals surface area (Å²) in [6.07, 6.45) is 0. The molecule has 3 heteroatoms. The Balaban J connectivity index is -0.000000234. The summed E-state index contributed by atoms with van der Waals surface area (Å²) in [5.74, 6) is 0. The van der Waals surface area contributed by atoms with Crippen LogP contribution in [0, 0.1) is 14.1 Å². The zero-order valence-corrected chi connectivity index (χ0v) is 14.1. The van der Waals surface area contributed by atoms with Gasteiger partial charge in [-0.1, -0.05) is 32.0 Å². The first kappa shape index (κ1) is 19.7. The fraction of sp³-hybridized carbons (Fsp3) is 0.200. The Hall–Kier alpha value is 1.23. The van der Waals surface area contributed by atoms with E-state index in [1.807, 2.05) is 44.2 Å². The Bertz CT molecular complexity index is 176. The number of anilines is 1. The molecule has 0 N–H and O–H groups in total. The predicted molar refractivity (Wildman–Crippen MR) is 51.0 cm³/mol. The third-order valence-corrected chi connectivity index (χ3v) is 1.12. The van der Waals surface area contributed by atoms with Crippen LogP contribution in [0.4, 0.5) is 5.69 Å². The summed E-state index contributed by atoms with van der Waals surface area (Å²) in [4.78, 5) is 1.58. The quantitative estimate of drug-likeness (QED) is 0.717. The number of hydrogen-bond donors (Lipinski definition) is 0. The van der Waals surface area contributed by atoms with Crippen molar-refractivity contribution in [2.75, 3.05) is 4.90 Å². The maximum absolute atomic E-state index is 3.63. The van der Waals surface area contributed by atoms with E-state index in [0.717, 1.165) is 5.69 Å². The van der Waals surface area contributed by atoms with Gasteiger partial charge in [0.15, 0.2) is 0 Å². The number of para-hydroxylation sites is 1. The predicted octanol–water partition coefficient (Wildman–Crippen LogP) is 3.10. The molecule has 1 aromatic rings. The molecule has 0 saturated heterocycles. The van der Waals surface area contributed by atoms with Gasteiger partial charge in [-0.15, -0.1) is 0 Å². The maximum Gasteiger partial charge on any atom is 0 e. The second-order valence-electron chi connectivity index (χ2n) is 1.88. The van der Waals surface area contributed by atoms with Crippen molar-refractivity contribution < 1.29 is 65.4 Å². The topological polar surface area (TPSA) is 3.24 Å². The maximum atomic E-state index is 3.63. The molecule has 13 heavy (non-hydrogen) atoms. The van der Waals surface area contributed by atoms with Crippen LogP contribution in [0.2, 0.25) is 0 Å². The average Bonchev–Trinajstić information content (AvgIpc) is 2.10. The fourth-order valence-corrected chi connectivity index (χ4v) is 0.639. The van der Waals surface area contributed by atoms with E-state index in [0.29, 0.717) is 0 Å². The Morgan fingerprint density at radius 2 is 1.31 bits per heavy atom. The van der Waals surface area contributed by atoms with Crippen molar-refractivity contribution in [3.8, 4) is 0 Å².